The maximum absolute atomic E-state index is 6.24. The Kier molecular flexibility index (Phi) is 3.89. The van der Waals surface area contributed by atoms with Gasteiger partial charge in [0.05, 0.1) is 18.1 Å². The number of aryl methyl sites for hydroxylation is 1. The number of halogens is 1. The molecule has 2 heterocycles. The van der Waals surface area contributed by atoms with Gasteiger partial charge in [0.15, 0.2) is 5.65 Å². The highest BCUT2D eigenvalue weighted by molar-refractivity contribution is 6.33. The first-order valence-corrected chi connectivity index (χ1v) is 7.65. The molecule has 0 radical (unpaired) electrons. The Morgan fingerprint density at radius 2 is 2.10 bits per heavy atom. The highest BCUT2D eigenvalue weighted by Gasteiger charge is 2.22. The van der Waals surface area contributed by atoms with E-state index in [9.17, 15) is 0 Å². The Labute approximate surface area is 124 Å². The van der Waals surface area contributed by atoms with Crippen LogP contribution in [0, 0.1) is 0 Å². The number of aromatic nitrogens is 4. The second-order valence-electron chi connectivity index (χ2n) is 5.44. The van der Waals surface area contributed by atoms with Gasteiger partial charge >= 0.3 is 0 Å². The SMILES string of the molecule is CCN(Cc1nc(Cl)c2cnn(C)c2n1)C1CCCC1. The van der Waals surface area contributed by atoms with Crippen LogP contribution < -0.4 is 0 Å². The molecule has 0 unspecified atom stereocenters. The van der Waals surface area contributed by atoms with Gasteiger partial charge in [0.25, 0.3) is 0 Å². The average molecular weight is 294 g/mol. The van der Waals surface area contributed by atoms with E-state index in [0.29, 0.717) is 11.2 Å². The van der Waals surface area contributed by atoms with Crippen LogP contribution in [0.1, 0.15) is 38.4 Å². The Balaban J connectivity index is 1.87. The second-order valence-corrected chi connectivity index (χ2v) is 5.80. The Morgan fingerprint density at radius 1 is 1.35 bits per heavy atom. The quantitative estimate of drug-likeness (QED) is 0.813. The molecule has 0 saturated heterocycles. The lowest BCUT2D eigenvalue weighted by Gasteiger charge is -2.26. The summed E-state index contributed by atoms with van der Waals surface area (Å²) in [5.74, 6) is 0.792. The Hall–Kier alpha value is -1.20. The normalized spacial score (nSPS) is 16.6. The smallest absolute Gasteiger partial charge is 0.162 e. The fourth-order valence-corrected chi connectivity index (χ4v) is 3.28. The van der Waals surface area contributed by atoms with E-state index in [4.69, 9.17) is 11.6 Å². The molecule has 0 spiro atoms. The molecule has 3 rings (SSSR count). The third kappa shape index (κ3) is 2.52. The van der Waals surface area contributed by atoms with Crippen molar-refractivity contribution in [1.82, 2.24) is 24.6 Å². The largest absolute Gasteiger partial charge is 0.293 e. The molecule has 6 heteroatoms. The molecule has 0 amide bonds. The highest BCUT2D eigenvalue weighted by atomic mass is 35.5. The van der Waals surface area contributed by atoms with E-state index in [-0.39, 0.29) is 0 Å². The van der Waals surface area contributed by atoms with E-state index in [1.165, 1.54) is 25.7 Å². The van der Waals surface area contributed by atoms with Crippen LogP contribution in [-0.2, 0) is 13.6 Å². The minimum absolute atomic E-state index is 0.501. The van der Waals surface area contributed by atoms with Crippen molar-refractivity contribution in [1.29, 1.82) is 0 Å². The van der Waals surface area contributed by atoms with Gasteiger partial charge in [-0.1, -0.05) is 31.4 Å². The predicted octanol–water partition coefficient (Wildman–Crippen LogP) is 2.78. The summed E-state index contributed by atoms with van der Waals surface area (Å²) >= 11 is 6.24. The zero-order valence-electron chi connectivity index (χ0n) is 12.0. The first-order valence-electron chi connectivity index (χ1n) is 7.27. The lowest BCUT2D eigenvalue weighted by atomic mass is 10.2. The maximum Gasteiger partial charge on any atom is 0.162 e. The van der Waals surface area contributed by atoms with Crippen LogP contribution in [0.4, 0.5) is 0 Å². The standard InChI is InChI=1S/C14H20ClN5/c1-3-20(10-6-4-5-7-10)9-12-17-13(15)11-8-16-19(2)14(11)18-12/h8,10H,3-7,9H2,1-2H3. The van der Waals surface area contributed by atoms with Crippen molar-refractivity contribution < 1.29 is 0 Å². The summed E-state index contributed by atoms with van der Waals surface area (Å²) in [6.07, 6.45) is 6.97. The van der Waals surface area contributed by atoms with Gasteiger partial charge in [-0.25, -0.2) is 9.97 Å². The van der Waals surface area contributed by atoms with Gasteiger partial charge < -0.3 is 0 Å². The third-order valence-corrected chi connectivity index (χ3v) is 4.47. The summed E-state index contributed by atoms with van der Waals surface area (Å²) in [5.41, 5.74) is 0.808. The summed E-state index contributed by atoms with van der Waals surface area (Å²) < 4.78 is 1.75. The molecule has 1 fully saturated rings. The first-order chi connectivity index (χ1) is 9.69. The molecule has 0 N–H and O–H groups in total. The zero-order chi connectivity index (χ0) is 14.1. The van der Waals surface area contributed by atoms with E-state index in [1.54, 1.807) is 10.9 Å². The number of hydrogen-bond donors (Lipinski definition) is 0. The average Bonchev–Trinajstić information content (AvgIpc) is 3.07. The van der Waals surface area contributed by atoms with Crippen molar-refractivity contribution in [3.05, 3.63) is 17.2 Å². The maximum atomic E-state index is 6.24. The van der Waals surface area contributed by atoms with Crippen molar-refractivity contribution >= 4 is 22.6 Å². The van der Waals surface area contributed by atoms with Crippen LogP contribution in [-0.4, -0.2) is 37.2 Å². The van der Waals surface area contributed by atoms with Crippen molar-refractivity contribution in [3.8, 4) is 0 Å². The summed E-state index contributed by atoms with van der Waals surface area (Å²) in [7, 11) is 1.88. The summed E-state index contributed by atoms with van der Waals surface area (Å²) in [5, 5.41) is 5.51. The molecule has 0 atom stereocenters. The number of hydrogen-bond acceptors (Lipinski definition) is 4. The van der Waals surface area contributed by atoms with Crippen molar-refractivity contribution in [2.45, 2.75) is 45.2 Å². The van der Waals surface area contributed by atoms with Crippen LogP contribution in [0.15, 0.2) is 6.20 Å². The van der Waals surface area contributed by atoms with Crippen molar-refractivity contribution in [3.63, 3.8) is 0 Å². The molecule has 0 bridgehead atoms. The van der Waals surface area contributed by atoms with Crippen molar-refractivity contribution in [2.75, 3.05) is 6.54 Å². The minimum atomic E-state index is 0.501. The Bertz CT molecular complexity index is 603. The van der Waals surface area contributed by atoms with Gasteiger partial charge in [-0.15, -0.1) is 0 Å². The van der Waals surface area contributed by atoms with E-state index in [0.717, 1.165) is 29.9 Å². The molecule has 2 aromatic rings. The molecule has 2 aromatic heterocycles. The van der Waals surface area contributed by atoms with Crippen LogP contribution >= 0.6 is 11.6 Å². The Morgan fingerprint density at radius 3 is 2.80 bits per heavy atom. The van der Waals surface area contributed by atoms with E-state index in [1.807, 2.05) is 7.05 Å². The van der Waals surface area contributed by atoms with Gasteiger partial charge in [-0.3, -0.25) is 9.58 Å². The van der Waals surface area contributed by atoms with Crippen LogP contribution in [0.25, 0.3) is 11.0 Å². The van der Waals surface area contributed by atoms with E-state index in [2.05, 4.69) is 26.9 Å². The van der Waals surface area contributed by atoms with Gasteiger partial charge in [0.1, 0.15) is 11.0 Å². The fourth-order valence-electron chi connectivity index (χ4n) is 3.05. The van der Waals surface area contributed by atoms with Crippen molar-refractivity contribution in [2.24, 2.45) is 7.05 Å². The van der Waals surface area contributed by atoms with E-state index < -0.39 is 0 Å². The first kappa shape index (κ1) is 13.8. The van der Waals surface area contributed by atoms with Gasteiger partial charge in [-0.2, -0.15) is 5.10 Å². The highest BCUT2D eigenvalue weighted by Crippen LogP contribution is 2.25. The van der Waals surface area contributed by atoms with Crippen LogP contribution in [0.3, 0.4) is 0 Å². The molecule has 1 aliphatic carbocycles. The van der Waals surface area contributed by atoms with Gasteiger partial charge in [-0.05, 0) is 19.4 Å². The lowest BCUT2D eigenvalue weighted by Crippen LogP contribution is -2.33. The molecule has 1 aliphatic rings. The summed E-state index contributed by atoms with van der Waals surface area (Å²) in [6.45, 7) is 3.99. The zero-order valence-corrected chi connectivity index (χ0v) is 12.8. The molecular formula is C14H20ClN5. The van der Waals surface area contributed by atoms with Crippen LogP contribution in [0.5, 0.6) is 0 Å². The topological polar surface area (TPSA) is 46.8 Å². The molecule has 5 nitrogen and oxygen atoms in total. The van der Waals surface area contributed by atoms with Gasteiger partial charge in [0.2, 0.25) is 0 Å². The number of rotatable bonds is 4. The summed E-state index contributed by atoms with van der Waals surface area (Å²) in [6, 6.07) is 0.671. The third-order valence-electron chi connectivity index (χ3n) is 4.18. The molecule has 0 aliphatic heterocycles. The van der Waals surface area contributed by atoms with Gasteiger partial charge in [0, 0.05) is 13.1 Å². The molecular weight excluding hydrogens is 274 g/mol. The predicted molar refractivity (Wildman–Crippen MR) is 79.7 cm³/mol. The number of nitrogens with zero attached hydrogens (tertiary/aromatic N) is 5. The molecule has 0 aromatic carbocycles. The monoisotopic (exact) mass is 293 g/mol. The molecule has 1 saturated carbocycles. The molecule has 108 valence electrons. The summed E-state index contributed by atoms with van der Waals surface area (Å²) in [4.78, 5) is 11.5. The second kappa shape index (κ2) is 5.66. The number of fused-ring (bicyclic) bond motifs is 1. The van der Waals surface area contributed by atoms with E-state index >= 15 is 0 Å². The van der Waals surface area contributed by atoms with Crippen LogP contribution in [0.2, 0.25) is 5.15 Å². The minimum Gasteiger partial charge on any atom is -0.293 e. The lowest BCUT2D eigenvalue weighted by molar-refractivity contribution is 0.195. The fraction of sp³-hybridized carbons (Fsp3) is 0.643. The molecule has 20 heavy (non-hydrogen) atoms.